The Morgan fingerprint density at radius 3 is 2.47 bits per heavy atom. The third-order valence-corrected chi connectivity index (χ3v) is 8.08. The van der Waals surface area contributed by atoms with Crippen LogP contribution in [-0.2, 0) is 14.3 Å². The van der Waals surface area contributed by atoms with Crippen LogP contribution < -0.4 is 0 Å². The van der Waals surface area contributed by atoms with Gasteiger partial charge in [-0.15, -0.1) is 0 Å². The Morgan fingerprint density at radius 1 is 1.05 bits per heavy atom. The molecule has 1 saturated carbocycles. The lowest BCUT2D eigenvalue weighted by molar-refractivity contribution is -0.144. The van der Waals surface area contributed by atoms with Crippen molar-refractivity contribution in [3.8, 4) is 0 Å². The molecular weight excluding hydrogens is 507 g/mol. The molecule has 0 N–H and O–H groups in total. The van der Waals surface area contributed by atoms with Crippen LogP contribution in [0.5, 0.6) is 0 Å². The number of ether oxygens (including phenoxy) is 1. The Labute approximate surface area is 228 Å². The molecule has 2 fully saturated rings. The SMILES string of the molecule is O=C(C1CCCC1)N(CCN1CCOCC1)CC(=O)N1N=C(c2ccc(F)cc2)C[C@@H]1c1ccccc1Cl. The zero-order valence-electron chi connectivity index (χ0n) is 21.5. The molecule has 0 bridgehead atoms. The molecule has 0 radical (unpaired) electrons. The minimum atomic E-state index is -0.404. The van der Waals surface area contributed by atoms with Crippen molar-refractivity contribution < 1.29 is 18.7 Å². The Balaban J connectivity index is 1.38. The molecule has 2 aromatic rings. The number of hydrazone groups is 1. The lowest BCUT2D eigenvalue weighted by atomic mass is 9.98. The zero-order valence-corrected chi connectivity index (χ0v) is 22.3. The summed E-state index contributed by atoms with van der Waals surface area (Å²) in [6.07, 6.45) is 4.30. The summed E-state index contributed by atoms with van der Waals surface area (Å²) in [7, 11) is 0. The van der Waals surface area contributed by atoms with E-state index in [0.29, 0.717) is 43.5 Å². The van der Waals surface area contributed by atoms with Gasteiger partial charge in [0.25, 0.3) is 5.91 Å². The zero-order chi connectivity index (χ0) is 26.5. The van der Waals surface area contributed by atoms with Crippen molar-refractivity contribution in [2.24, 2.45) is 11.0 Å². The molecule has 38 heavy (non-hydrogen) atoms. The summed E-state index contributed by atoms with van der Waals surface area (Å²) < 4.78 is 19.0. The molecule has 202 valence electrons. The first-order chi connectivity index (χ1) is 18.5. The lowest BCUT2D eigenvalue weighted by Crippen LogP contribution is -2.48. The lowest BCUT2D eigenvalue weighted by Gasteiger charge is -2.32. The van der Waals surface area contributed by atoms with Gasteiger partial charge in [0.1, 0.15) is 12.4 Å². The number of hydrogen-bond acceptors (Lipinski definition) is 5. The Morgan fingerprint density at radius 2 is 1.76 bits per heavy atom. The standard InChI is InChI=1S/C29H34ClFN4O3/c30-25-8-4-3-7-24(25)27-19-26(21-9-11-23(31)12-10-21)32-35(27)28(36)20-34(29(37)22-5-1-2-6-22)14-13-33-15-17-38-18-16-33/h3-4,7-12,22,27H,1-2,5-6,13-20H2/t27-/m1/s1. The van der Waals surface area contributed by atoms with Crippen LogP contribution in [0.4, 0.5) is 4.39 Å². The van der Waals surface area contributed by atoms with Gasteiger partial charge in [0, 0.05) is 43.5 Å². The number of amides is 2. The molecule has 3 aliphatic rings. The maximum atomic E-state index is 13.8. The van der Waals surface area contributed by atoms with Gasteiger partial charge in [0.05, 0.1) is 25.0 Å². The number of hydrogen-bond donors (Lipinski definition) is 0. The summed E-state index contributed by atoms with van der Waals surface area (Å²) >= 11 is 6.55. The van der Waals surface area contributed by atoms with Crippen molar-refractivity contribution in [2.45, 2.75) is 38.1 Å². The average Bonchev–Trinajstić information content (AvgIpc) is 3.63. The summed E-state index contributed by atoms with van der Waals surface area (Å²) in [6.45, 7) is 4.17. The van der Waals surface area contributed by atoms with E-state index in [2.05, 4.69) is 4.90 Å². The van der Waals surface area contributed by atoms with Crippen molar-refractivity contribution in [3.05, 3.63) is 70.5 Å². The third kappa shape index (κ3) is 6.25. The second kappa shape index (κ2) is 12.4. The van der Waals surface area contributed by atoms with Gasteiger partial charge in [-0.3, -0.25) is 14.5 Å². The van der Waals surface area contributed by atoms with E-state index in [9.17, 15) is 14.0 Å². The Hall–Kier alpha value is -2.81. The Kier molecular flexibility index (Phi) is 8.72. The monoisotopic (exact) mass is 540 g/mol. The highest BCUT2D eigenvalue weighted by Crippen LogP contribution is 2.36. The largest absolute Gasteiger partial charge is 0.379 e. The topological polar surface area (TPSA) is 65.5 Å². The molecule has 0 unspecified atom stereocenters. The van der Waals surface area contributed by atoms with Crippen molar-refractivity contribution in [1.29, 1.82) is 0 Å². The summed E-state index contributed by atoms with van der Waals surface area (Å²) in [6, 6.07) is 13.2. The molecule has 2 amide bonds. The van der Waals surface area contributed by atoms with E-state index in [4.69, 9.17) is 21.4 Å². The van der Waals surface area contributed by atoms with Gasteiger partial charge in [-0.05, 0) is 42.2 Å². The van der Waals surface area contributed by atoms with E-state index in [0.717, 1.165) is 49.9 Å². The maximum Gasteiger partial charge on any atom is 0.262 e. The first-order valence-electron chi connectivity index (χ1n) is 13.5. The molecule has 7 nitrogen and oxygen atoms in total. The highest BCUT2D eigenvalue weighted by atomic mass is 35.5. The molecule has 9 heteroatoms. The summed E-state index contributed by atoms with van der Waals surface area (Å²) in [5.41, 5.74) is 2.24. The van der Waals surface area contributed by atoms with Crippen LogP contribution in [0.25, 0.3) is 0 Å². The van der Waals surface area contributed by atoms with E-state index in [1.165, 1.54) is 17.1 Å². The number of carbonyl (C=O) groups excluding carboxylic acids is 2. The second-order valence-corrected chi connectivity index (χ2v) is 10.6. The van der Waals surface area contributed by atoms with Crippen LogP contribution in [0.3, 0.4) is 0 Å². The maximum absolute atomic E-state index is 13.8. The number of morpholine rings is 1. The average molecular weight is 541 g/mol. The van der Waals surface area contributed by atoms with Gasteiger partial charge in [-0.25, -0.2) is 9.40 Å². The van der Waals surface area contributed by atoms with Crippen LogP contribution in [0, 0.1) is 11.7 Å². The third-order valence-electron chi connectivity index (χ3n) is 7.74. The minimum Gasteiger partial charge on any atom is -0.379 e. The molecule has 1 atom stereocenters. The molecule has 1 aliphatic carbocycles. The van der Waals surface area contributed by atoms with E-state index in [-0.39, 0.29) is 30.1 Å². The van der Waals surface area contributed by atoms with Crippen LogP contribution in [0.15, 0.2) is 53.6 Å². The van der Waals surface area contributed by atoms with Gasteiger partial charge in [0.2, 0.25) is 5.91 Å². The number of rotatable bonds is 8. The molecule has 2 aliphatic heterocycles. The predicted molar refractivity (Wildman–Crippen MR) is 144 cm³/mol. The van der Waals surface area contributed by atoms with Crippen LogP contribution in [0.2, 0.25) is 5.02 Å². The van der Waals surface area contributed by atoms with E-state index < -0.39 is 6.04 Å². The molecule has 2 heterocycles. The molecule has 0 spiro atoms. The van der Waals surface area contributed by atoms with Gasteiger partial charge < -0.3 is 9.64 Å². The van der Waals surface area contributed by atoms with Gasteiger partial charge in [-0.1, -0.05) is 54.8 Å². The molecule has 5 rings (SSSR count). The van der Waals surface area contributed by atoms with Gasteiger partial charge in [-0.2, -0.15) is 5.10 Å². The number of benzene rings is 2. The van der Waals surface area contributed by atoms with Crippen LogP contribution in [-0.4, -0.2) is 78.3 Å². The van der Waals surface area contributed by atoms with Crippen LogP contribution in [0.1, 0.15) is 49.3 Å². The molecule has 2 aromatic carbocycles. The van der Waals surface area contributed by atoms with E-state index >= 15 is 0 Å². The highest BCUT2D eigenvalue weighted by Gasteiger charge is 2.36. The fourth-order valence-corrected chi connectivity index (χ4v) is 5.83. The summed E-state index contributed by atoms with van der Waals surface area (Å²) in [5, 5.41) is 6.73. The van der Waals surface area contributed by atoms with Crippen molar-refractivity contribution in [3.63, 3.8) is 0 Å². The van der Waals surface area contributed by atoms with E-state index in [1.807, 2.05) is 18.2 Å². The number of nitrogens with zero attached hydrogens (tertiary/aromatic N) is 4. The smallest absolute Gasteiger partial charge is 0.262 e. The van der Waals surface area contributed by atoms with Gasteiger partial charge in [0.15, 0.2) is 0 Å². The van der Waals surface area contributed by atoms with Crippen molar-refractivity contribution >= 4 is 29.1 Å². The summed E-state index contributed by atoms with van der Waals surface area (Å²) in [4.78, 5) is 31.4. The Bertz CT molecular complexity index is 1160. The predicted octanol–water partition coefficient (Wildman–Crippen LogP) is 4.51. The van der Waals surface area contributed by atoms with E-state index in [1.54, 1.807) is 23.1 Å². The van der Waals surface area contributed by atoms with Gasteiger partial charge >= 0.3 is 0 Å². The first-order valence-corrected chi connectivity index (χ1v) is 13.9. The number of carbonyl (C=O) groups is 2. The normalized spacial score (nSPS) is 20.5. The fourth-order valence-electron chi connectivity index (χ4n) is 5.57. The van der Waals surface area contributed by atoms with Crippen molar-refractivity contribution in [1.82, 2.24) is 14.8 Å². The highest BCUT2D eigenvalue weighted by molar-refractivity contribution is 6.31. The second-order valence-electron chi connectivity index (χ2n) is 10.2. The minimum absolute atomic E-state index is 0.0243. The molecular formula is C29H34ClFN4O3. The first kappa shape index (κ1) is 26.8. The fraction of sp³-hybridized carbons (Fsp3) is 0.483. The molecule has 0 aromatic heterocycles. The van der Waals surface area contributed by atoms with Crippen molar-refractivity contribution in [2.75, 3.05) is 45.9 Å². The molecule has 1 saturated heterocycles. The quantitative estimate of drug-likeness (QED) is 0.494. The summed E-state index contributed by atoms with van der Waals surface area (Å²) in [5.74, 6) is -0.548. The van der Waals surface area contributed by atoms with Crippen LogP contribution >= 0.6 is 11.6 Å². The number of halogens is 2.